The molecule has 1 saturated heterocycles. The highest BCUT2D eigenvalue weighted by Gasteiger charge is 2.23. The van der Waals surface area contributed by atoms with Crippen LogP contribution in [0.5, 0.6) is 0 Å². The maximum absolute atomic E-state index is 12.2. The monoisotopic (exact) mass is 348 g/mol. The molecule has 0 unspecified atom stereocenters. The lowest BCUT2D eigenvalue weighted by Gasteiger charge is -2.31. The molecule has 1 aliphatic heterocycles. The molecule has 1 saturated carbocycles. The molecule has 1 amide bonds. The van der Waals surface area contributed by atoms with Gasteiger partial charge in [-0.05, 0) is 44.7 Å². The summed E-state index contributed by atoms with van der Waals surface area (Å²) in [4.78, 5) is 14.4. The Morgan fingerprint density at radius 1 is 1.28 bits per heavy atom. The van der Waals surface area contributed by atoms with Crippen molar-refractivity contribution in [2.45, 2.75) is 63.4 Å². The third-order valence-electron chi connectivity index (χ3n) is 5.38. The van der Waals surface area contributed by atoms with Gasteiger partial charge >= 0.3 is 0 Å². The molecule has 0 bridgehead atoms. The van der Waals surface area contributed by atoms with Crippen molar-refractivity contribution >= 4 is 5.91 Å². The van der Waals surface area contributed by atoms with Gasteiger partial charge in [-0.1, -0.05) is 19.3 Å². The zero-order chi connectivity index (χ0) is 17.3. The molecule has 1 atom stereocenters. The van der Waals surface area contributed by atoms with E-state index >= 15 is 0 Å². The van der Waals surface area contributed by atoms with Crippen LogP contribution in [0, 0.1) is 0 Å². The second kappa shape index (κ2) is 9.92. The SMILES string of the molecule is O=C(CN1CCC[C@H](c2ccn[nH]2)C1)NCCCOC1CCCCC1. The van der Waals surface area contributed by atoms with Gasteiger partial charge in [0, 0.05) is 37.5 Å². The molecule has 2 heterocycles. The quantitative estimate of drug-likeness (QED) is 0.708. The van der Waals surface area contributed by atoms with Crippen molar-refractivity contribution in [3.8, 4) is 0 Å². The standard InChI is InChI=1S/C19H32N4O2/c24-19(20-10-5-13-25-17-7-2-1-3-8-17)15-23-12-4-6-16(14-23)18-9-11-21-22-18/h9,11,16-17H,1-8,10,12-15H2,(H,20,24)(H,21,22)/t16-/m0/s1. The molecular formula is C19H32N4O2. The molecule has 2 aliphatic rings. The van der Waals surface area contributed by atoms with Crippen LogP contribution in [0.3, 0.4) is 0 Å². The van der Waals surface area contributed by atoms with Crippen LogP contribution >= 0.6 is 0 Å². The minimum Gasteiger partial charge on any atom is -0.378 e. The molecular weight excluding hydrogens is 316 g/mol. The highest BCUT2D eigenvalue weighted by molar-refractivity contribution is 5.78. The summed E-state index contributed by atoms with van der Waals surface area (Å²) in [5.74, 6) is 0.593. The Morgan fingerprint density at radius 3 is 2.96 bits per heavy atom. The zero-order valence-corrected chi connectivity index (χ0v) is 15.2. The first-order valence-corrected chi connectivity index (χ1v) is 9.91. The molecule has 2 fully saturated rings. The van der Waals surface area contributed by atoms with Crippen molar-refractivity contribution in [1.82, 2.24) is 20.4 Å². The van der Waals surface area contributed by atoms with Gasteiger partial charge < -0.3 is 10.1 Å². The fraction of sp³-hybridized carbons (Fsp3) is 0.789. The number of hydrogen-bond acceptors (Lipinski definition) is 4. The van der Waals surface area contributed by atoms with E-state index in [1.165, 1.54) is 44.2 Å². The molecule has 1 aromatic heterocycles. The number of ether oxygens (including phenoxy) is 1. The molecule has 6 nitrogen and oxygen atoms in total. The number of rotatable bonds is 8. The van der Waals surface area contributed by atoms with E-state index in [2.05, 4.69) is 20.4 Å². The molecule has 2 N–H and O–H groups in total. The van der Waals surface area contributed by atoms with Crippen molar-refractivity contribution in [3.05, 3.63) is 18.0 Å². The Hall–Kier alpha value is -1.40. The minimum absolute atomic E-state index is 0.128. The second-order valence-corrected chi connectivity index (χ2v) is 7.42. The van der Waals surface area contributed by atoms with Crippen molar-refractivity contribution in [1.29, 1.82) is 0 Å². The molecule has 140 valence electrons. The van der Waals surface area contributed by atoms with E-state index < -0.39 is 0 Å². The van der Waals surface area contributed by atoms with E-state index in [4.69, 9.17) is 4.74 Å². The Kier molecular flexibility index (Phi) is 7.30. The van der Waals surface area contributed by atoms with Gasteiger partial charge in [0.15, 0.2) is 0 Å². The summed E-state index contributed by atoms with van der Waals surface area (Å²) in [6.07, 6.45) is 11.8. The number of piperidine rings is 1. The van der Waals surface area contributed by atoms with Crippen LogP contribution in [0.2, 0.25) is 0 Å². The maximum Gasteiger partial charge on any atom is 0.234 e. The van der Waals surface area contributed by atoms with Gasteiger partial charge in [-0.2, -0.15) is 5.10 Å². The summed E-state index contributed by atoms with van der Waals surface area (Å²) in [5, 5.41) is 10.1. The van der Waals surface area contributed by atoms with Gasteiger partial charge in [-0.25, -0.2) is 0 Å². The van der Waals surface area contributed by atoms with Crippen molar-refractivity contribution in [3.63, 3.8) is 0 Å². The first-order chi connectivity index (χ1) is 12.3. The van der Waals surface area contributed by atoms with E-state index in [-0.39, 0.29) is 5.91 Å². The van der Waals surface area contributed by atoms with Gasteiger partial charge in [0.2, 0.25) is 5.91 Å². The Balaban J connectivity index is 1.27. The maximum atomic E-state index is 12.2. The number of amides is 1. The normalized spacial score (nSPS) is 22.8. The predicted molar refractivity (Wildman–Crippen MR) is 97.5 cm³/mol. The lowest BCUT2D eigenvalue weighted by atomic mass is 9.95. The third-order valence-corrected chi connectivity index (χ3v) is 5.38. The number of aromatic nitrogens is 2. The van der Waals surface area contributed by atoms with Gasteiger partial charge in [-0.3, -0.25) is 14.8 Å². The summed E-state index contributed by atoms with van der Waals surface area (Å²) < 4.78 is 5.90. The van der Waals surface area contributed by atoms with Gasteiger partial charge in [-0.15, -0.1) is 0 Å². The smallest absolute Gasteiger partial charge is 0.234 e. The largest absolute Gasteiger partial charge is 0.378 e. The van der Waals surface area contributed by atoms with Crippen LogP contribution < -0.4 is 5.32 Å². The molecule has 1 aliphatic carbocycles. The van der Waals surface area contributed by atoms with Crippen LogP contribution in [0.25, 0.3) is 0 Å². The summed E-state index contributed by atoms with van der Waals surface area (Å²) in [6, 6.07) is 2.04. The lowest BCUT2D eigenvalue weighted by Crippen LogP contribution is -2.42. The first-order valence-electron chi connectivity index (χ1n) is 9.91. The number of H-pyrrole nitrogens is 1. The number of carbonyl (C=O) groups excluding carboxylic acids is 1. The Labute approximate surface area is 150 Å². The second-order valence-electron chi connectivity index (χ2n) is 7.42. The summed E-state index contributed by atoms with van der Waals surface area (Å²) >= 11 is 0. The molecule has 1 aromatic rings. The first kappa shape index (κ1) is 18.4. The van der Waals surface area contributed by atoms with Crippen LogP contribution in [-0.2, 0) is 9.53 Å². The highest BCUT2D eigenvalue weighted by Crippen LogP contribution is 2.24. The number of carbonyl (C=O) groups is 1. The van der Waals surface area contributed by atoms with E-state index in [0.29, 0.717) is 25.1 Å². The Bertz CT molecular complexity index is 500. The summed E-state index contributed by atoms with van der Waals surface area (Å²) in [5.41, 5.74) is 1.19. The van der Waals surface area contributed by atoms with E-state index in [0.717, 1.165) is 32.5 Å². The highest BCUT2D eigenvalue weighted by atomic mass is 16.5. The number of hydrogen-bond donors (Lipinski definition) is 2. The fourth-order valence-corrected chi connectivity index (χ4v) is 3.99. The van der Waals surface area contributed by atoms with Crippen molar-refractivity contribution in [2.75, 3.05) is 32.8 Å². The topological polar surface area (TPSA) is 70.2 Å². The van der Waals surface area contributed by atoms with E-state index in [1.54, 1.807) is 6.20 Å². The third kappa shape index (κ3) is 6.12. The average Bonchev–Trinajstić information content (AvgIpc) is 3.17. The minimum atomic E-state index is 0.128. The van der Waals surface area contributed by atoms with Crippen molar-refractivity contribution < 1.29 is 9.53 Å². The predicted octanol–water partition coefficient (Wildman–Crippen LogP) is 2.44. The average molecular weight is 348 g/mol. The van der Waals surface area contributed by atoms with Gasteiger partial charge in [0.25, 0.3) is 0 Å². The van der Waals surface area contributed by atoms with Gasteiger partial charge in [0.05, 0.1) is 12.6 Å². The number of nitrogens with one attached hydrogen (secondary N) is 2. The van der Waals surface area contributed by atoms with Crippen LogP contribution in [-0.4, -0.2) is 59.9 Å². The van der Waals surface area contributed by atoms with Gasteiger partial charge in [0.1, 0.15) is 0 Å². The molecule has 6 heteroatoms. The fourth-order valence-electron chi connectivity index (χ4n) is 3.99. The van der Waals surface area contributed by atoms with Crippen LogP contribution in [0.1, 0.15) is 63.0 Å². The Morgan fingerprint density at radius 2 is 2.16 bits per heavy atom. The van der Waals surface area contributed by atoms with Crippen molar-refractivity contribution in [2.24, 2.45) is 0 Å². The molecule has 25 heavy (non-hydrogen) atoms. The molecule has 0 aromatic carbocycles. The van der Waals surface area contributed by atoms with Crippen LogP contribution in [0.4, 0.5) is 0 Å². The lowest BCUT2D eigenvalue weighted by molar-refractivity contribution is -0.122. The molecule has 0 spiro atoms. The summed E-state index contributed by atoms with van der Waals surface area (Å²) in [6.45, 7) is 3.90. The number of aromatic amines is 1. The number of likely N-dealkylation sites (tertiary alicyclic amines) is 1. The number of nitrogens with zero attached hydrogens (tertiary/aromatic N) is 2. The van der Waals surface area contributed by atoms with E-state index in [9.17, 15) is 4.79 Å². The van der Waals surface area contributed by atoms with E-state index in [1.807, 2.05) is 6.07 Å². The molecule has 0 radical (unpaired) electrons. The molecule has 3 rings (SSSR count). The zero-order valence-electron chi connectivity index (χ0n) is 15.2. The van der Waals surface area contributed by atoms with Crippen LogP contribution in [0.15, 0.2) is 12.3 Å². The summed E-state index contributed by atoms with van der Waals surface area (Å²) in [7, 11) is 0.